The average Bonchev–Trinajstić information content (AvgIpc) is 3.23. The quantitative estimate of drug-likeness (QED) is 0.817. The molecule has 1 unspecified atom stereocenters. The molecule has 1 aromatic heterocycles. The van der Waals surface area contributed by atoms with Gasteiger partial charge in [-0.05, 0) is 37.5 Å². The average molecular weight is 332 g/mol. The summed E-state index contributed by atoms with van der Waals surface area (Å²) >= 11 is 1.70. The summed E-state index contributed by atoms with van der Waals surface area (Å²) in [6, 6.07) is 7.89. The third-order valence-corrected chi connectivity index (χ3v) is 5.38. The van der Waals surface area contributed by atoms with E-state index in [-0.39, 0.29) is 5.54 Å². The van der Waals surface area contributed by atoms with E-state index in [4.69, 9.17) is 4.74 Å². The summed E-state index contributed by atoms with van der Waals surface area (Å²) in [5, 5.41) is 17.0. The molecule has 3 rings (SSSR count). The monoisotopic (exact) mass is 332 g/mol. The van der Waals surface area contributed by atoms with Crippen LogP contribution < -0.4 is 10.1 Å². The first-order valence-corrected chi connectivity index (χ1v) is 9.08. The second-order valence-electron chi connectivity index (χ2n) is 6.29. The molecule has 1 atom stereocenters. The van der Waals surface area contributed by atoms with Crippen molar-refractivity contribution in [3.8, 4) is 5.75 Å². The van der Waals surface area contributed by atoms with Crippen molar-refractivity contribution >= 4 is 11.3 Å². The molecule has 2 N–H and O–H groups in total. The number of aromatic nitrogens is 1. The van der Waals surface area contributed by atoms with Crippen molar-refractivity contribution in [2.75, 3.05) is 13.2 Å². The van der Waals surface area contributed by atoms with Crippen molar-refractivity contribution in [2.45, 2.75) is 44.2 Å². The highest BCUT2D eigenvalue weighted by Gasteiger charge is 2.37. The Morgan fingerprint density at radius 3 is 2.91 bits per heavy atom. The highest BCUT2D eigenvalue weighted by atomic mass is 32.1. The van der Waals surface area contributed by atoms with Crippen LogP contribution in [0.25, 0.3) is 0 Å². The Kier molecular flexibility index (Phi) is 5.30. The van der Waals surface area contributed by atoms with Crippen LogP contribution in [0.5, 0.6) is 5.75 Å². The van der Waals surface area contributed by atoms with Gasteiger partial charge in [0.25, 0.3) is 0 Å². The van der Waals surface area contributed by atoms with Gasteiger partial charge in [-0.25, -0.2) is 4.98 Å². The molecule has 5 heteroatoms. The highest BCUT2D eigenvalue weighted by Crippen LogP contribution is 2.39. The van der Waals surface area contributed by atoms with E-state index in [1.54, 1.807) is 11.3 Å². The molecule has 1 fully saturated rings. The number of benzene rings is 1. The highest BCUT2D eigenvalue weighted by molar-refractivity contribution is 7.09. The zero-order valence-corrected chi connectivity index (χ0v) is 14.3. The summed E-state index contributed by atoms with van der Waals surface area (Å²) in [7, 11) is 0. The molecule has 2 aromatic rings. The standard InChI is InChI=1S/C18H24N2O2S/c1-14-5-4-6-16(11-14)22-13-15(21)12-20-18(7-2-3-8-18)17-19-9-10-23-17/h4-6,9-11,15,20-21H,2-3,7-8,12-13H2,1H3. The minimum absolute atomic E-state index is 0.0571. The molecular weight excluding hydrogens is 308 g/mol. The summed E-state index contributed by atoms with van der Waals surface area (Å²) in [5.74, 6) is 0.805. The third-order valence-electron chi connectivity index (χ3n) is 4.41. The maximum atomic E-state index is 10.2. The van der Waals surface area contributed by atoms with Gasteiger partial charge in [-0.15, -0.1) is 11.3 Å². The van der Waals surface area contributed by atoms with E-state index in [1.807, 2.05) is 42.8 Å². The van der Waals surface area contributed by atoms with E-state index >= 15 is 0 Å². The Bertz CT molecular complexity index is 609. The second kappa shape index (κ2) is 7.43. The van der Waals surface area contributed by atoms with Gasteiger partial charge in [-0.2, -0.15) is 0 Å². The minimum atomic E-state index is -0.534. The number of hydrogen-bond acceptors (Lipinski definition) is 5. The van der Waals surface area contributed by atoms with Crippen LogP contribution in [0, 0.1) is 6.92 Å². The molecular formula is C18H24N2O2S. The van der Waals surface area contributed by atoms with E-state index in [1.165, 1.54) is 12.8 Å². The van der Waals surface area contributed by atoms with Gasteiger partial charge in [0, 0.05) is 18.1 Å². The van der Waals surface area contributed by atoms with Gasteiger partial charge in [0.1, 0.15) is 23.5 Å². The molecule has 0 aliphatic heterocycles. The molecule has 1 aliphatic rings. The Hall–Kier alpha value is -1.43. The lowest BCUT2D eigenvalue weighted by Crippen LogP contribution is -2.45. The van der Waals surface area contributed by atoms with Crippen LogP contribution in [-0.4, -0.2) is 29.3 Å². The Morgan fingerprint density at radius 2 is 2.22 bits per heavy atom. The molecule has 124 valence electrons. The van der Waals surface area contributed by atoms with E-state index in [2.05, 4.69) is 10.3 Å². The number of aliphatic hydroxyl groups excluding tert-OH is 1. The first-order valence-electron chi connectivity index (χ1n) is 8.20. The number of hydrogen-bond donors (Lipinski definition) is 2. The van der Waals surface area contributed by atoms with Crippen LogP contribution >= 0.6 is 11.3 Å². The van der Waals surface area contributed by atoms with Crippen molar-refractivity contribution in [1.29, 1.82) is 0 Å². The number of aliphatic hydroxyl groups is 1. The predicted octanol–water partition coefficient (Wildman–Crippen LogP) is 3.25. The molecule has 4 nitrogen and oxygen atoms in total. The first-order chi connectivity index (χ1) is 11.2. The summed E-state index contributed by atoms with van der Waals surface area (Å²) in [6.07, 6.45) is 5.93. The first kappa shape index (κ1) is 16.4. The van der Waals surface area contributed by atoms with Gasteiger partial charge < -0.3 is 15.2 Å². The predicted molar refractivity (Wildman–Crippen MR) is 92.9 cm³/mol. The molecule has 0 bridgehead atoms. The maximum Gasteiger partial charge on any atom is 0.119 e. The zero-order valence-electron chi connectivity index (χ0n) is 13.5. The van der Waals surface area contributed by atoms with Gasteiger partial charge in [-0.3, -0.25) is 0 Å². The smallest absolute Gasteiger partial charge is 0.119 e. The molecule has 1 aliphatic carbocycles. The third kappa shape index (κ3) is 4.10. The van der Waals surface area contributed by atoms with Crippen molar-refractivity contribution in [3.05, 3.63) is 46.4 Å². The van der Waals surface area contributed by atoms with Crippen LogP contribution in [0.3, 0.4) is 0 Å². The van der Waals surface area contributed by atoms with E-state index in [0.717, 1.165) is 29.2 Å². The Labute approximate surface area is 141 Å². The van der Waals surface area contributed by atoms with Crippen LogP contribution in [0.15, 0.2) is 35.8 Å². The van der Waals surface area contributed by atoms with E-state index < -0.39 is 6.10 Å². The fourth-order valence-electron chi connectivity index (χ4n) is 3.17. The van der Waals surface area contributed by atoms with Gasteiger partial charge >= 0.3 is 0 Å². The van der Waals surface area contributed by atoms with Crippen molar-refractivity contribution < 1.29 is 9.84 Å². The lowest BCUT2D eigenvalue weighted by molar-refractivity contribution is 0.0961. The van der Waals surface area contributed by atoms with Crippen molar-refractivity contribution in [1.82, 2.24) is 10.3 Å². The maximum absolute atomic E-state index is 10.2. The lowest BCUT2D eigenvalue weighted by Gasteiger charge is -2.29. The molecule has 0 amide bonds. The minimum Gasteiger partial charge on any atom is -0.491 e. The number of thiazole rings is 1. The summed E-state index contributed by atoms with van der Waals surface area (Å²) < 4.78 is 5.68. The normalized spacial score (nSPS) is 18.0. The lowest BCUT2D eigenvalue weighted by atomic mass is 9.98. The van der Waals surface area contributed by atoms with Gasteiger partial charge in [-0.1, -0.05) is 25.0 Å². The van der Waals surface area contributed by atoms with E-state index in [9.17, 15) is 5.11 Å². The second-order valence-corrected chi connectivity index (χ2v) is 7.18. The zero-order chi connectivity index (χ0) is 16.1. The molecule has 1 heterocycles. The van der Waals surface area contributed by atoms with Crippen LogP contribution in [0.1, 0.15) is 36.3 Å². The van der Waals surface area contributed by atoms with Crippen molar-refractivity contribution in [2.24, 2.45) is 0 Å². The fraction of sp³-hybridized carbons (Fsp3) is 0.500. The molecule has 1 saturated carbocycles. The summed E-state index contributed by atoms with van der Waals surface area (Å²) in [5.41, 5.74) is 1.10. The largest absolute Gasteiger partial charge is 0.491 e. The van der Waals surface area contributed by atoms with Crippen LogP contribution in [0.2, 0.25) is 0 Å². The fourth-order valence-corrected chi connectivity index (χ4v) is 4.05. The molecule has 0 radical (unpaired) electrons. The van der Waals surface area contributed by atoms with E-state index in [0.29, 0.717) is 13.2 Å². The number of ether oxygens (including phenoxy) is 1. The molecule has 0 spiro atoms. The van der Waals surface area contributed by atoms with Gasteiger partial charge in [0.15, 0.2) is 0 Å². The summed E-state index contributed by atoms with van der Waals surface area (Å²) in [4.78, 5) is 4.49. The number of rotatable bonds is 7. The van der Waals surface area contributed by atoms with Crippen molar-refractivity contribution in [3.63, 3.8) is 0 Å². The molecule has 23 heavy (non-hydrogen) atoms. The van der Waals surface area contributed by atoms with Crippen LogP contribution in [0.4, 0.5) is 0 Å². The SMILES string of the molecule is Cc1cccc(OCC(O)CNC2(c3nccs3)CCCC2)c1. The number of aryl methyl sites for hydroxylation is 1. The number of nitrogens with zero attached hydrogens (tertiary/aromatic N) is 1. The van der Waals surface area contributed by atoms with Crippen LogP contribution in [-0.2, 0) is 5.54 Å². The number of nitrogens with one attached hydrogen (secondary N) is 1. The molecule has 1 aromatic carbocycles. The van der Waals surface area contributed by atoms with Gasteiger partial charge in [0.05, 0.1) is 5.54 Å². The molecule has 0 saturated heterocycles. The summed E-state index contributed by atoms with van der Waals surface area (Å²) in [6.45, 7) is 2.85. The topological polar surface area (TPSA) is 54.4 Å². The Morgan fingerprint density at radius 1 is 1.39 bits per heavy atom. The van der Waals surface area contributed by atoms with Gasteiger partial charge in [0.2, 0.25) is 0 Å². The Balaban J connectivity index is 1.52.